The van der Waals surface area contributed by atoms with Gasteiger partial charge in [-0.1, -0.05) is 36.4 Å². The van der Waals surface area contributed by atoms with Gasteiger partial charge in [-0.15, -0.1) is 0 Å². The van der Waals surface area contributed by atoms with E-state index < -0.39 is 0 Å². The lowest BCUT2D eigenvalue weighted by atomic mass is 10.1. The fourth-order valence-corrected chi connectivity index (χ4v) is 4.02. The lowest BCUT2D eigenvalue weighted by molar-refractivity contribution is -0.645. The Morgan fingerprint density at radius 1 is 0.880 bits per heavy atom. The number of nitrogens with zero attached hydrogens (tertiary/aromatic N) is 4. The van der Waals surface area contributed by atoms with Gasteiger partial charge in [0.2, 0.25) is 0 Å². The second-order valence-corrected chi connectivity index (χ2v) is 6.45. The molecule has 5 aromatic rings. The molecule has 118 valence electrons. The van der Waals surface area contributed by atoms with Gasteiger partial charge in [0.1, 0.15) is 12.2 Å². The summed E-state index contributed by atoms with van der Waals surface area (Å²) in [4.78, 5) is 0. The number of benzene rings is 2. The summed E-state index contributed by atoms with van der Waals surface area (Å²) in [6.45, 7) is 0.902. The zero-order chi connectivity index (χ0) is 16.4. The first-order valence-corrected chi connectivity index (χ1v) is 8.46. The number of hydrogen-bond acceptors (Lipinski definition) is 1. The lowest BCUT2D eigenvalue weighted by Gasteiger charge is -2.02. The molecule has 0 saturated heterocycles. The fraction of sp³-hybridized carbons (Fsp3) is 0.0476. The molecule has 2 aromatic carbocycles. The molecule has 0 saturated carbocycles. The number of hydrogen-bond donors (Lipinski definition) is 0. The van der Waals surface area contributed by atoms with E-state index in [1.807, 2.05) is 16.8 Å². The Morgan fingerprint density at radius 2 is 1.72 bits per heavy atom. The fourth-order valence-electron chi connectivity index (χ4n) is 4.02. The van der Waals surface area contributed by atoms with E-state index in [1.165, 1.54) is 22.5 Å². The summed E-state index contributed by atoms with van der Waals surface area (Å²) in [5, 5.41) is 4.61. The van der Waals surface area contributed by atoms with Crippen LogP contribution in [0, 0.1) is 0 Å². The number of aromatic nitrogens is 4. The summed E-state index contributed by atoms with van der Waals surface area (Å²) in [7, 11) is 0. The predicted octanol–water partition coefficient (Wildman–Crippen LogP) is 3.59. The molecule has 0 fully saturated rings. The van der Waals surface area contributed by atoms with Gasteiger partial charge in [0.25, 0.3) is 11.5 Å². The number of rotatable bonds is 1. The Balaban J connectivity index is 1.84. The maximum Gasteiger partial charge on any atom is 0.297 e. The third-order valence-electron chi connectivity index (χ3n) is 5.07. The van der Waals surface area contributed by atoms with E-state index in [0.717, 1.165) is 23.4 Å². The van der Waals surface area contributed by atoms with Crippen molar-refractivity contribution in [2.75, 3.05) is 0 Å². The van der Waals surface area contributed by atoms with Crippen molar-refractivity contribution in [2.24, 2.45) is 0 Å². The molecule has 0 unspecified atom stereocenters. The van der Waals surface area contributed by atoms with Crippen molar-refractivity contribution in [1.82, 2.24) is 14.2 Å². The van der Waals surface area contributed by atoms with Crippen molar-refractivity contribution in [3.05, 3.63) is 84.6 Å². The molecule has 1 aliphatic rings. The zero-order valence-corrected chi connectivity index (χ0v) is 13.5. The highest BCUT2D eigenvalue weighted by molar-refractivity contribution is 5.84. The molecule has 0 aliphatic carbocycles. The first-order valence-electron chi connectivity index (χ1n) is 8.46. The average Bonchev–Trinajstić information content (AvgIpc) is 3.30. The SMILES string of the molecule is c1ccc(-n2c3[n+](c4cc5cccnn5c42)Cc2ccccc2-3)cc1. The maximum atomic E-state index is 4.61. The molecule has 0 N–H and O–H groups in total. The summed E-state index contributed by atoms with van der Waals surface area (Å²) >= 11 is 0. The van der Waals surface area contributed by atoms with Gasteiger partial charge in [0.05, 0.1) is 11.1 Å². The predicted molar refractivity (Wildman–Crippen MR) is 96.8 cm³/mol. The van der Waals surface area contributed by atoms with Gasteiger partial charge in [-0.2, -0.15) is 14.2 Å². The van der Waals surface area contributed by atoms with Crippen LogP contribution in [0.15, 0.2) is 79.0 Å². The second kappa shape index (κ2) is 4.57. The Morgan fingerprint density at radius 3 is 2.64 bits per heavy atom. The number of fused-ring (bicyclic) bond motifs is 7. The highest BCUT2D eigenvalue weighted by atomic mass is 15.3. The number of para-hydroxylation sites is 1. The van der Waals surface area contributed by atoms with Crippen LogP contribution in [-0.4, -0.2) is 14.2 Å². The molecule has 6 rings (SSSR count). The molecule has 25 heavy (non-hydrogen) atoms. The number of imidazole rings is 1. The Bertz CT molecular complexity index is 1260. The summed E-state index contributed by atoms with van der Waals surface area (Å²) in [6.07, 6.45) is 1.85. The van der Waals surface area contributed by atoms with Gasteiger partial charge < -0.3 is 0 Å². The van der Waals surface area contributed by atoms with Gasteiger partial charge in [-0.05, 0) is 30.3 Å². The minimum atomic E-state index is 0.902. The normalized spacial score (nSPS) is 12.6. The van der Waals surface area contributed by atoms with Crippen molar-refractivity contribution < 1.29 is 4.57 Å². The summed E-state index contributed by atoms with van der Waals surface area (Å²) in [6, 6.07) is 25.5. The van der Waals surface area contributed by atoms with Crippen molar-refractivity contribution in [3.8, 4) is 17.1 Å². The molecule has 0 bridgehead atoms. The molecule has 0 atom stereocenters. The third-order valence-corrected chi connectivity index (χ3v) is 5.07. The van der Waals surface area contributed by atoms with Crippen LogP contribution in [-0.2, 0) is 6.54 Å². The first kappa shape index (κ1) is 13.0. The van der Waals surface area contributed by atoms with Gasteiger partial charge in [0, 0.05) is 17.8 Å². The van der Waals surface area contributed by atoms with Crippen LogP contribution in [0.5, 0.6) is 0 Å². The lowest BCUT2D eigenvalue weighted by Crippen LogP contribution is -2.31. The molecule has 0 spiro atoms. The minimum Gasteiger partial charge on any atom is -0.217 e. The maximum absolute atomic E-state index is 4.61. The molecule has 4 heterocycles. The largest absolute Gasteiger partial charge is 0.297 e. The van der Waals surface area contributed by atoms with E-state index in [0.29, 0.717) is 0 Å². The van der Waals surface area contributed by atoms with Gasteiger partial charge >= 0.3 is 0 Å². The van der Waals surface area contributed by atoms with Crippen LogP contribution in [0.2, 0.25) is 0 Å². The van der Waals surface area contributed by atoms with Crippen LogP contribution in [0.1, 0.15) is 5.56 Å². The molecular weight excluding hydrogens is 308 g/mol. The molecule has 0 radical (unpaired) electrons. The van der Waals surface area contributed by atoms with E-state index >= 15 is 0 Å². The van der Waals surface area contributed by atoms with E-state index in [-0.39, 0.29) is 0 Å². The van der Waals surface area contributed by atoms with Crippen molar-refractivity contribution in [2.45, 2.75) is 6.54 Å². The Labute approximate surface area is 144 Å². The van der Waals surface area contributed by atoms with Crippen molar-refractivity contribution in [1.29, 1.82) is 0 Å². The molecule has 3 aromatic heterocycles. The first-order chi connectivity index (χ1) is 12.4. The summed E-state index contributed by atoms with van der Waals surface area (Å²) < 4.78 is 6.78. The highest BCUT2D eigenvalue weighted by Gasteiger charge is 2.36. The van der Waals surface area contributed by atoms with Gasteiger partial charge in [-0.25, -0.2) is 4.57 Å². The van der Waals surface area contributed by atoms with Crippen LogP contribution in [0.4, 0.5) is 0 Å². The molecule has 0 amide bonds. The Hall–Kier alpha value is -3.40. The third kappa shape index (κ3) is 1.61. The molecule has 4 heteroatoms. The summed E-state index contributed by atoms with van der Waals surface area (Å²) in [5.74, 6) is 1.23. The van der Waals surface area contributed by atoms with E-state index in [1.54, 1.807) is 0 Å². The van der Waals surface area contributed by atoms with E-state index in [4.69, 9.17) is 0 Å². The van der Waals surface area contributed by atoms with Crippen LogP contribution in [0.25, 0.3) is 33.8 Å². The molecular formula is C21H15N4+. The average molecular weight is 323 g/mol. The van der Waals surface area contributed by atoms with E-state index in [2.05, 4.69) is 81.0 Å². The quantitative estimate of drug-likeness (QED) is 0.425. The monoisotopic (exact) mass is 323 g/mol. The molecule has 4 nitrogen and oxygen atoms in total. The van der Waals surface area contributed by atoms with Crippen molar-refractivity contribution in [3.63, 3.8) is 0 Å². The Kier molecular flexibility index (Phi) is 2.37. The minimum absolute atomic E-state index is 0.902. The van der Waals surface area contributed by atoms with Crippen LogP contribution >= 0.6 is 0 Å². The smallest absolute Gasteiger partial charge is 0.217 e. The van der Waals surface area contributed by atoms with Crippen LogP contribution in [0.3, 0.4) is 0 Å². The zero-order valence-electron chi connectivity index (χ0n) is 13.5. The van der Waals surface area contributed by atoms with Gasteiger partial charge in [0.15, 0.2) is 5.52 Å². The summed E-state index contributed by atoms with van der Waals surface area (Å²) in [5.41, 5.74) is 7.27. The van der Waals surface area contributed by atoms with Gasteiger partial charge in [-0.3, -0.25) is 0 Å². The highest BCUT2D eigenvalue weighted by Crippen LogP contribution is 2.34. The standard InChI is InChI=1S/C21H15N4/c1-2-8-16(9-3-1)24-20-18-11-5-4-7-15(18)14-23(20)19-13-17-10-6-12-22-25(17)21(19)24/h1-13H,14H2/q+1. The van der Waals surface area contributed by atoms with E-state index in [9.17, 15) is 0 Å². The van der Waals surface area contributed by atoms with Crippen molar-refractivity contribution >= 4 is 16.7 Å². The topological polar surface area (TPSA) is 26.1 Å². The second-order valence-electron chi connectivity index (χ2n) is 6.45. The van der Waals surface area contributed by atoms with Crippen LogP contribution < -0.4 is 4.57 Å². The molecule has 1 aliphatic heterocycles.